The van der Waals surface area contributed by atoms with Crippen molar-refractivity contribution in [2.24, 2.45) is 0 Å². The van der Waals surface area contributed by atoms with Crippen molar-refractivity contribution in [3.05, 3.63) is 27.5 Å². The topological polar surface area (TPSA) is 0 Å². The Labute approximate surface area is 72.6 Å². The van der Waals surface area contributed by atoms with Gasteiger partial charge >= 0.3 is 0 Å². The molecule has 0 amide bonds. The van der Waals surface area contributed by atoms with Crippen LogP contribution in [0.5, 0.6) is 0 Å². The van der Waals surface area contributed by atoms with Crippen LogP contribution >= 0.6 is 11.3 Å². The summed E-state index contributed by atoms with van der Waals surface area (Å²) >= 11 is 1.88. The van der Waals surface area contributed by atoms with Gasteiger partial charge in [-0.25, -0.2) is 0 Å². The molecule has 0 nitrogen and oxygen atoms in total. The van der Waals surface area contributed by atoms with E-state index in [4.69, 9.17) is 0 Å². The molecule has 0 bridgehead atoms. The molecule has 0 N–H and O–H groups in total. The number of hydrogen-bond acceptors (Lipinski definition) is 1. The summed E-state index contributed by atoms with van der Waals surface area (Å²) in [6, 6.07) is 2.28. The first-order valence-electron chi connectivity index (χ1n) is 4.00. The van der Waals surface area contributed by atoms with Crippen LogP contribution in [0.3, 0.4) is 0 Å². The summed E-state index contributed by atoms with van der Waals surface area (Å²) in [7, 11) is 0. The molecule has 1 aromatic rings. The highest BCUT2D eigenvalue weighted by molar-refractivity contribution is 7.13. The minimum Gasteiger partial charge on any atom is -0.141 e. The van der Waals surface area contributed by atoms with E-state index in [2.05, 4.69) is 39.0 Å². The second-order valence-electron chi connectivity index (χ2n) is 2.60. The lowest BCUT2D eigenvalue weighted by atomic mass is 10.2. The number of rotatable bonds is 2. The van der Waals surface area contributed by atoms with E-state index in [1.807, 2.05) is 11.3 Å². The summed E-state index contributed by atoms with van der Waals surface area (Å²) in [4.78, 5) is 2.84. The maximum atomic E-state index is 2.28. The fourth-order valence-corrected chi connectivity index (χ4v) is 2.24. The van der Waals surface area contributed by atoms with E-state index in [1.165, 1.54) is 15.3 Å². The van der Waals surface area contributed by atoms with Gasteiger partial charge in [-0.1, -0.05) is 13.0 Å². The van der Waals surface area contributed by atoms with Gasteiger partial charge in [0.15, 0.2) is 0 Å². The molecule has 0 aliphatic carbocycles. The largest absolute Gasteiger partial charge is 0.141 e. The first kappa shape index (κ1) is 8.54. The van der Waals surface area contributed by atoms with E-state index in [1.54, 1.807) is 0 Å². The quantitative estimate of drug-likeness (QED) is 0.629. The van der Waals surface area contributed by atoms with Crippen LogP contribution in [0.25, 0.3) is 6.08 Å². The van der Waals surface area contributed by atoms with E-state index in [9.17, 15) is 0 Å². The lowest BCUT2D eigenvalue weighted by molar-refractivity contribution is 1.15. The van der Waals surface area contributed by atoms with Crippen LogP contribution in [0.1, 0.15) is 29.2 Å². The van der Waals surface area contributed by atoms with Gasteiger partial charge in [0.2, 0.25) is 0 Å². The van der Waals surface area contributed by atoms with Crippen molar-refractivity contribution >= 4 is 17.4 Å². The van der Waals surface area contributed by atoms with Crippen molar-refractivity contribution in [3.8, 4) is 0 Å². The average Bonchev–Trinajstić information content (AvgIpc) is 2.32. The van der Waals surface area contributed by atoms with Crippen molar-refractivity contribution in [2.75, 3.05) is 0 Å². The zero-order valence-electron chi connectivity index (χ0n) is 7.35. The Morgan fingerprint density at radius 1 is 1.55 bits per heavy atom. The van der Waals surface area contributed by atoms with Crippen molar-refractivity contribution in [1.29, 1.82) is 0 Å². The van der Waals surface area contributed by atoms with Crippen molar-refractivity contribution in [1.82, 2.24) is 0 Å². The zero-order chi connectivity index (χ0) is 8.27. The standard InChI is InChI=1S/C10H14S/c1-4-6-10-9(5-2)7-8(3)11-10/h4,6-7H,5H2,1-3H3/b6-4+. The summed E-state index contributed by atoms with van der Waals surface area (Å²) in [5.41, 5.74) is 1.48. The van der Waals surface area contributed by atoms with Crippen LogP contribution < -0.4 is 0 Å². The molecule has 60 valence electrons. The number of hydrogen-bond donors (Lipinski definition) is 0. The molecule has 0 aromatic carbocycles. The Bertz CT molecular complexity index is 256. The summed E-state index contributed by atoms with van der Waals surface area (Å²) in [5, 5.41) is 0. The number of thiophene rings is 1. The first-order valence-corrected chi connectivity index (χ1v) is 4.81. The summed E-state index contributed by atoms with van der Waals surface area (Å²) < 4.78 is 0. The Morgan fingerprint density at radius 2 is 2.27 bits per heavy atom. The molecule has 0 fully saturated rings. The van der Waals surface area contributed by atoms with Gasteiger partial charge in [-0.3, -0.25) is 0 Å². The van der Waals surface area contributed by atoms with Gasteiger partial charge < -0.3 is 0 Å². The summed E-state index contributed by atoms with van der Waals surface area (Å²) in [6.45, 7) is 6.43. The third kappa shape index (κ3) is 1.93. The molecule has 0 atom stereocenters. The van der Waals surface area contributed by atoms with Gasteiger partial charge in [-0.2, -0.15) is 0 Å². The summed E-state index contributed by atoms with van der Waals surface area (Å²) in [6.07, 6.45) is 5.44. The molecule has 0 aliphatic rings. The predicted molar refractivity (Wildman–Crippen MR) is 53.1 cm³/mol. The number of aryl methyl sites for hydroxylation is 2. The second-order valence-corrected chi connectivity index (χ2v) is 3.89. The molecule has 11 heavy (non-hydrogen) atoms. The Balaban J connectivity index is 3.01. The molecular weight excluding hydrogens is 152 g/mol. The molecule has 1 heterocycles. The molecular formula is C10H14S. The molecule has 1 aromatic heterocycles. The average molecular weight is 166 g/mol. The van der Waals surface area contributed by atoms with Gasteiger partial charge in [0, 0.05) is 9.75 Å². The lowest BCUT2D eigenvalue weighted by Crippen LogP contribution is -1.75. The Kier molecular flexibility index (Phi) is 2.89. The summed E-state index contributed by atoms with van der Waals surface area (Å²) in [5.74, 6) is 0. The first-order chi connectivity index (χ1) is 5.27. The smallest absolute Gasteiger partial charge is 0.0301 e. The molecule has 0 saturated heterocycles. The molecule has 0 saturated carbocycles. The van der Waals surface area contributed by atoms with Gasteiger partial charge in [-0.05, 0) is 38.0 Å². The zero-order valence-corrected chi connectivity index (χ0v) is 8.16. The fraction of sp³-hybridized carbons (Fsp3) is 0.400. The van der Waals surface area contributed by atoms with Gasteiger partial charge in [0.1, 0.15) is 0 Å². The van der Waals surface area contributed by atoms with Crippen LogP contribution in [0, 0.1) is 6.92 Å². The molecule has 1 rings (SSSR count). The third-order valence-electron chi connectivity index (χ3n) is 1.66. The Hall–Kier alpha value is -0.560. The van der Waals surface area contributed by atoms with E-state index < -0.39 is 0 Å². The van der Waals surface area contributed by atoms with Gasteiger partial charge in [0.25, 0.3) is 0 Å². The van der Waals surface area contributed by atoms with Crippen LogP contribution in [0.2, 0.25) is 0 Å². The van der Waals surface area contributed by atoms with Gasteiger partial charge in [0.05, 0.1) is 0 Å². The monoisotopic (exact) mass is 166 g/mol. The van der Waals surface area contributed by atoms with Crippen molar-refractivity contribution < 1.29 is 0 Å². The van der Waals surface area contributed by atoms with Crippen LogP contribution in [-0.4, -0.2) is 0 Å². The lowest BCUT2D eigenvalue weighted by Gasteiger charge is -1.90. The highest BCUT2D eigenvalue weighted by atomic mass is 32.1. The van der Waals surface area contributed by atoms with Crippen LogP contribution in [0.4, 0.5) is 0 Å². The van der Waals surface area contributed by atoms with Gasteiger partial charge in [-0.15, -0.1) is 11.3 Å². The Morgan fingerprint density at radius 3 is 2.82 bits per heavy atom. The minimum absolute atomic E-state index is 1.14. The molecule has 1 heteroatoms. The van der Waals surface area contributed by atoms with Crippen LogP contribution in [-0.2, 0) is 6.42 Å². The maximum Gasteiger partial charge on any atom is 0.0301 e. The molecule has 0 spiro atoms. The second kappa shape index (κ2) is 3.72. The van der Waals surface area contributed by atoms with E-state index in [-0.39, 0.29) is 0 Å². The molecule has 0 aliphatic heterocycles. The highest BCUT2D eigenvalue weighted by Gasteiger charge is 2.00. The predicted octanol–water partition coefficient (Wildman–Crippen LogP) is 3.65. The maximum absolute atomic E-state index is 2.28. The van der Waals surface area contributed by atoms with Crippen molar-refractivity contribution in [3.63, 3.8) is 0 Å². The SMILES string of the molecule is C/C=C/c1sc(C)cc1CC. The normalized spacial score (nSPS) is 11.2. The highest BCUT2D eigenvalue weighted by Crippen LogP contribution is 2.23. The number of allylic oxidation sites excluding steroid dienone is 1. The van der Waals surface area contributed by atoms with Crippen molar-refractivity contribution in [2.45, 2.75) is 27.2 Å². The fourth-order valence-electron chi connectivity index (χ4n) is 1.15. The molecule has 0 radical (unpaired) electrons. The molecule has 0 unspecified atom stereocenters. The minimum atomic E-state index is 1.14. The van der Waals surface area contributed by atoms with E-state index in [0.29, 0.717) is 0 Å². The van der Waals surface area contributed by atoms with E-state index >= 15 is 0 Å². The third-order valence-corrected chi connectivity index (χ3v) is 2.72. The van der Waals surface area contributed by atoms with E-state index in [0.717, 1.165) is 6.42 Å². The van der Waals surface area contributed by atoms with Crippen LogP contribution in [0.15, 0.2) is 12.1 Å².